The lowest BCUT2D eigenvalue weighted by Crippen LogP contribution is -2.44. The SMILES string of the molecule is C=C(/C=C\NC)c1ccc2cnc(NC(=O)c3ccnc(N4CCN(C)CC4)c3)cc2c1. The number of nitrogens with zero attached hydrogens (tertiary/aromatic N) is 4. The minimum absolute atomic E-state index is 0.202. The van der Waals surface area contributed by atoms with Gasteiger partial charge in [-0.05, 0) is 60.1 Å². The van der Waals surface area contributed by atoms with Gasteiger partial charge >= 0.3 is 0 Å². The highest BCUT2D eigenvalue weighted by Crippen LogP contribution is 2.23. The topological polar surface area (TPSA) is 73.4 Å². The van der Waals surface area contributed by atoms with Gasteiger partial charge in [-0.15, -0.1) is 0 Å². The summed E-state index contributed by atoms with van der Waals surface area (Å²) in [5.74, 6) is 1.14. The van der Waals surface area contributed by atoms with Crippen LogP contribution in [-0.2, 0) is 0 Å². The first kappa shape index (κ1) is 21.5. The summed E-state index contributed by atoms with van der Waals surface area (Å²) in [6.45, 7) is 7.88. The molecule has 2 N–H and O–H groups in total. The van der Waals surface area contributed by atoms with Crippen molar-refractivity contribution in [2.45, 2.75) is 0 Å². The summed E-state index contributed by atoms with van der Waals surface area (Å²) in [5.41, 5.74) is 2.48. The van der Waals surface area contributed by atoms with Crippen LogP contribution in [0.4, 0.5) is 11.6 Å². The second-order valence-corrected chi connectivity index (χ2v) is 7.93. The van der Waals surface area contributed by atoms with Gasteiger partial charge in [0.15, 0.2) is 0 Å². The summed E-state index contributed by atoms with van der Waals surface area (Å²) < 4.78 is 0. The molecule has 1 saturated heterocycles. The highest BCUT2D eigenvalue weighted by atomic mass is 16.1. The van der Waals surface area contributed by atoms with Gasteiger partial charge in [0.2, 0.25) is 0 Å². The molecule has 0 spiro atoms. The normalized spacial score (nSPS) is 14.6. The summed E-state index contributed by atoms with van der Waals surface area (Å²) in [4.78, 5) is 26.3. The van der Waals surface area contributed by atoms with Gasteiger partial charge in [-0.25, -0.2) is 9.97 Å². The number of rotatable bonds is 6. The number of aromatic nitrogens is 2. The van der Waals surface area contributed by atoms with Crippen LogP contribution in [0.15, 0.2) is 67.6 Å². The molecule has 3 aromatic rings. The van der Waals surface area contributed by atoms with E-state index in [2.05, 4.69) is 44.0 Å². The predicted octanol–water partition coefficient (Wildman–Crippen LogP) is 3.38. The molecule has 7 heteroatoms. The number of piperazine rings is 1. The Morgan fingerprint density at radius 1 is 1.03 bits per heavy atom. The molecule has 0 bridgehead atoms. The van der Waals surface area contributed by atoms with E-state index < -0.39 is 0 Å². The van der Waals surface area contributed by atoms with Gasteiger partial charge in [0, 0.05) is 56.6 Å². The van der Waals surface area contributed by atoms with Crippen LogP contribution in [0.1, 0.15) is 15.9 Å². The number of carbonyl (C=O) groups is 1. The van der Waals surface area contributed by atoms with E-state index in [0.29, 0.717) is 11.4 Å². The molecule has 1 amide bonds. The molecule has 0 saturated carbocycles. The fraction of sp³-hybridized carbons (Fsp3) is 0.240. The predicted molar refractivity (Wildman–Crippen MR) is 131 cm³/mol. The van der Waals surface area contributed by atoms with Gasteiger partial charge in [0.1, 0.15) is 11.6 Å². The Hall–Kier alpha value is -3.71. The maximum Gasteiger partial charge on any atom is 0.257 e. The lowest BCUT2D eigenvalue weighted by atomic mass is 10.0. The molecule has 0 aliphatic carbocycles. The van der Waals surface area contributed by atoms with E-state index in [1.165, 1.54) is 0 Å². The van der Waals surface area contributed by atoms with Gasteiger partial charge in [0.25, 0.3) is 5.91 Å². The van der Waals surface area contributed by atoms with Crippen LogP contribution in [0.5, 0.6) is 0 Å². The number of nitrogens with one attached hydrogen (secondary N) is 2. The first-order valence-electron chi connectivity index (χ1n) is 10.7. The van der Waals surface area contributed by atoms with Crippen molar-refractivity contribution in [1.82, 2.24) is 20.2 Å². The molecule has 0 radical (unpaired) electrons. The van der Waals surface area contributed by atoms with Crippen LogP contribution in [0.3, 0.4) is 0 Å². The number of anilines is 2. The maximum atomic E-state index is 12.9. The first-order valence-corrected chi connectivity index (χ1v) is 10.7. The maximum absolute atomic E-state index is 12.9. The summed E-state index contributed by atoms with van der Waals surface area (Å²) in [5, 5.41) is 7.87. The molecule has 3 heterocycles. The second-order valence-electron chi connectivity index (χ2n) is 7.93. The van der Waals surface area contributed by atoms with E-state index in [1.807, 2.05) is 49.7 Å². The van der Waals surface area contributed by atoms with Gasteiger partial charge in [-0.3, -0.25) is 4.79 Å². The second kappa shape index (κ2) is 9.62. The summed E-state index contributed by atoms with van der Waals surface area (Å²) in [6, 6.07) is 11.5. The highest BCUT2D eigenvalue weighted by Gasteiger charge is 2.17. The molecule has 164 valence electrons. The minimum Gasteiger partial charge on any atom is -0.394 e. The summed E-state index contributed by atoms with van der Waals surface area (Å²) in [7, 11) is 3.96. The first-order chi connectivity index (χ1) is 15.5. The van der Waals surface area contributed by atoms with Crippen molar-refractivity contribution < 1.29 is 4.79 Å². The molecular formula is C25H28N6O. The van der Waals surface area contributed by atoms with Crippen molar-refractivity contribution >= 4 is 33.9 Å². The number of amides is 1. The molecule has 1 aliphatic rings. The number of carbonyl (C=O) groups excluding carboxylic acids is 1. The van der Waals surface area contributed by atoms with Crippen LogP contribution in [0, 0.1) is 0 Å². The van der Waals surface area contributed by atoms with Crippen LogP contribution in [0.25, 0.3) is 16.3 Å². The lowest BCUT2D eigenvalue weighted by molar-refractivity contribution is 0.102. The third kappa shape index (κ3) is 4.95. The number of benzene rings is 1. The van der Waals surface area contributed by atoms with Crippen molar-refractivity contribution in [2.24, 2.45) is 0 Å². The average Bonchev–Trinajstić information content (AvgIpc) is 2.82. The highest BCUT2D eigenvalue weighted by molar-refractivity contribution is 6.05. The van der Waals surface area contributed by atoms with Gasteiger partial charge in [-0.2, -0.15) is 0 Å². The fourth-order valence-electron chi connectivity index (χ4n) is 3.65. The largest absolute Gasteiger partial charge is 0.394 e. The Morgan fingerprint density at radius 3 is 2.62 bits per heavy atom. The average molecular weight is 429 g/mol. The number of pyridine rings is 2. The molecule has 1 aromatic carbocycles. The Balaban J connectivity index is 1.51. The van der Waals surface area contributed by atoms with Crippen molar-refractivity contribution in [1.29, 1.82) is 0 Å². The Morgan fingerprint density at radius 2 is 1.84 bits per heavy atom. The number of allylic oxidation sites excluding steroid dienone is 2. The fourth-order valence-corrected chi connectivity index (χ4v) is 3.65. The van der Waals surface area contributed by atoms with E-state index in [9.17, 15) is 4.79 Å². The Kier molecular flexibility index (Phi) is 6.47. The number of hydrogen-bond donors (Lipinski definition) is 2. The Bertz CT molecular complexity index is 1160. The molecule has 32 heavy (non-hydrogen) atoms. The summed E-state index contributed by atoms with van der Waals surface area (Å²) in [6.07, 6.45) is 7.22. The molecule has 4 rings (SSSR count). The van der Waals surface area contributed by atoms with Crippen LogP contribution >= 0.6 is 0 Å². The third-order valence-corrected chi connectivity index (χ3v) is 5.62. The van der Waals surface area contributed by atoms with E-state index in [-0.39, 0.29) is 5.91 Å². The number of hydrogen-bond acceptors (Lipinski definition) is 6. The minimum atomic E-state index is -0.202. The molecule has 2 aromatic heterocycles. The number of fused-ring (bicyclic) bond motifs is 1. The molecule has 7 nitrogen and oxygen atoms in total. The molecule has 0 unspecified atom stereocenters. The van der Waals surface area contributed by atoms with Crippen molar-refractivity contribution in [3.63, 3.8) is 0 Å². The third-order valence-electron chi connectivity index (χ3n) is 5.62. The number of likely N-dealkylation sites (N-methyl/N-ethyl adjacent to an activating group) is 1. The molecule has 0 atom stereocenters. The zero-order chi connectivity index (χ0) is 22.5. The quantitative estimate of drug-likeness (QED) is 0.587. The zero-order valence-electron chi connectivity index (χ0n) is 18.5. The van der Waals surface area contributed by atoms with Crippen molar-refractivity contribution in [2.75, 3.05) is 50.5 Å². The smallest absolute Gasteiger partial charge is 0.257 e. The summed E-state index contributed by atoms with van der Waals surface area (Å²) >= 11 is 0. The molecular weight excluding hydrogens is 400 g/mol. The Labute approximate surface area is 188 Å². The molecule has 1 aliphatic heterocycles. The van der Waals surface area contributed by atoms with E-state index in [0.717, 1.165) is 53.9 Å². The zero-order valence-corrected chi connectivity index (χ0v) is 18.5. The van der Waals surface area contributed by atoms with E-state index in [4.69, 9.17) is 0 Å². The van der Waals surface area contributed by atoms with Crippen molar-refractivity contribution in [3.05, 3.63) is 78.8 Å². The van der Waals surface area contributed by atoms with E-state index in [1.54, 1.807) is 18.5 Å². The van der Waals surface area contributed by atoms with Crippen LogP contribution in [-0.4, -0.2) is 61.0 Å². The van der Waals surface area contributed by atoms with Gasteiger partial charge in [-0.1, -0.05) is 18.7 Å². The van der Waals surface area contributed by atoms with Crippen LogP contribution in [0.2, 0.25) is 0 Å². The molecule has 1 fully saturated rings. The monoisotopic (exact) mass is 428 g/mol. The van der Waals surface area contributed by atoms with Crippen LogP contribution < -0.4 is 15.5 Å². The van der Waals surface area contributed by atoms with E-state index >= 15 is 0 Å². The standard InChI is InChI=1S/C25H28N6O/c1-18(6-8-26-2)19-4-5-21-17-28-23(15-22(21)14-19)29-25(32)20-7-9-27-24(16-20)31-12-10-30(3)11-13-31/h4-9,14-17,26H,1,10-13H2,2-3H3,(H,28,29,32)/b8-6-. The van der Waals surface area contributed by atoms with Gasteiger partial charge in [0.05, 0.1) is 0 Å². The van der Waals surface area contributed by atoms with Gasteiger partial charge < -0.3 is 20.4 Å². The van der Waals surface area contributed by atoms with Crippen molar-refractivity contribution in [3.8, 4) is 0 Å². The lowest BCUT2D eigenvalue weighted by Gasteiger charge is -2.33.